The van der Waals surface area contributed by atoms with Crippen LogP contribution in [0.4, 0.5) is 10.2 Å². The number of hydrogen-bond acceptors (Lipinski definition) is 6. The number of aliphatic imine (C=N–C) groups is 1. The van der Waals surface area contributed by atoms with Crippen LogP contribution < -0.4 is 4.72 Å². The smallest absolute Gasteiger partial charge is 0.263 e. The highest BCUT2D eigenvalue weighted by molar-refractivity contribution is 7.92. The summed E-state index contributed by atoms with van der Waals surface area (Å²) in [6, 6.07) is 8.79. The van der Waals surface area contributed by atoms with Crippen molar-refractivity contribution in [2.24, 2.45) is 4.99 Å². The first-order chi connectivity index (χ1) is 19.1. The Labute approximate surface area is 238 Å². The molecule has 1 spiro atoms. The SMILES string of the molecule is CCCCC1=NC2(CCCC2)C(=O)N1Cc1cc(F)c(-c2ccccc2S(=O)(=O)Nc2noc(C)c2C)cc1Cl. The molecule has 1 N–H and O–H groups in total. The van der Waals surface area contributed by atoms with E-state index in [4.69, 9.17) is 21.1 Å². The van der Waals surface area contributed by atoms with Gasteiger partial charge in [-0.3, -0.25) is 19.4 Å². The van der Waals surface area contributed by atoms with Crippen LogP contribution >= 0.6 is 11.6 Å². The molecule has 1 aromatic heterocycles. The fraction of sp³-hybridized carbons (Fsp3) is 0.414. The largest absolute Gasteiger partial charge is 0.359 e. The molecule has 2 aliphatic rings. The molecule has 0 bridgehead atoms. The third kappa shape index (κ3) is 5.14. The summed E-state index contributed by atoms with van der Waals surface area (Å²) in [7, 11) is -4.15. The van der Waals surface area contributed by atoms with Gasteiger partial charge in [0.05, 0.1) is 11.4 Å². The lowest BCUT2D eigenvalue weighted by atomic mass is 9.98. The van der Waals surface area contributed by atoms with E-state index in [1.807, 2.05) is 0 Å². The lowest BCUT2D eigenvalue weighted by molar-refractivity contribution is -0.131. The van der Waals surface area contributed by atoms with Crippen molar-refractivity contribution in [2.75, 3.05) is 4.72 Å². The predicted octanol–water partition coefficient (Wildman–Crippen LogP) is 6.80. The first-order valence-electron chi connectivity index (χ1n) is 13.5. The Kier molecular flexibility index (Phi) is 7.76. The zero-order valence-electron chi connectivity index (χ0n) is 22.8. The van der Waals surface area contributed by atoms with Gasteiger partial charge in [-0.25, -0.2) is 12.8 Å². The summed E-state index contributed by atoms with van der Waals surface area (Å²) in [6.07, 6.45) is 5.91. The fourth-order valence-electron chi connectivity index (χ4n) is 5.40. The third-order valence-electron chi connectivity index (χ3n) is 7.80. The summed E-state index contributed by atoms with van der Waals surface area (Å²) in [5.41, 5.74) is 0.462. The molecule has 40 heavy (non-hydrogen) atoms. The van der Waals surface area contributed by atoms with Gasteiger partial charge in [0.15, 0.2) is 5.82 Å². The van der Waals surface area contributed by atoms with Crippen LogP contribution in [-0.2, 0) is 21.4 Å². The summed E-state index contributed by atoms with van der Waals surface area (Å²) < 4.78 is 49.9. The lowest BCUT2D eigenvalue weighted by Crippen LogP contribution is -2.40. The number of rotatable bonds is 9. The molecule has 0 atom stereocenters. The zero-order valence-corrected chi connectivity index (χ0v) is 24.3. The van der Waals surface area contributed by atoms with Crippen LogP contribution in [0.2, 0.25) is 5.02 Å². The first kappa shape index (κ1) is 28.3. The second-order valence-corrected chi connectivity index (χ2v) is 12.6. The quantitative estimate of drug-likeness (QED) is 0.297. The summed E-state index contributed by atoms with van der Waals surface area (Å²) in [5.74, 6) is 0.590. The normalized spacial score (nSPS) is 16.7. The zero-order chi connectivity index (χ0) is 28.7. The highest BCUT2D eigenvalue weighted by Gasteiger charge is 2.49. The van der Waals surface area contributed by atoms with E-state index >= 15 is 4.39 Å². The average Bonchev–Trinajstić information content (AvgIpc) is 3.60. The van der Waals surface area contributed by atoms with Crippen molar-refractivity contribution in [3.05, 3.63) is 64.1 Å². The van der Waals surface area contributed by atoms with Crippen molar-refractivity contribution in [1.82, 2.24) is 10.1 Å². The van der Waals surface area contributed by atoms with Gasteiger partial charge in [0, 0.05) is 28.1 Å². The Balaban J connectivity index is 1.47. The van der Waals surface area contributed by atoms with Gasteiger partial charge in [-0.05, 0) is 56.9 Å². The minimum Gasteiger partial charge on any atom is -0.359 e. The van der Waals surface area contributed by atoms with Gasteiger partial charge < -0.3 is 4.52 Å². The first-order valence-corrected chi connectivity index (χ1v) is 15.4. The van der Waals surface area contributed by atoms with Crippen LogP contribution in [0.3, 0.4) is 0 Å². The van der Waals surface area contributed by atoms with Crippen LogP contribution in [0.5, 0.6) is 0 Å². The van der Waals surface area contributed by atoms with Crippen molar-refractivity contribution in [3.8, 4) is 11.1 Å². The number of benzene rings is 2. The number of aryl methyl sites for hydroxylation is 1. The number of aromatic nitrogens is 1. The van der Waals surface area contributed by atoms with Crippen molar-refractivity contribution in [2.45, 2.75) is 82.7 Å². The number of nitrogens with one attached hydrogen (secondary N) is 1. The highest BCUT2D eigenvalue weighted by Crippen LogP contribution is 2.41. The van der Waals surface area contributed by atoms with E-state index in [1.54, 1.807) is 30.9 Å². The number of hydrogen-bond donors (Lipinski definition) is 1. The van der Waals surface area contributed by atoms with E-state index in [2.05, 4.69) is 16.8 Å². The Hall–Kier alpha value is -3.24. The maximum Gasteiger partial charge on any atom is 0.263 e. The van der Waals surface area contributed by atoms with Gasteiger partial charge in [0.1, 0.15) is 23.0 Å². The van der Waals surface area contributed by atoms with E-state index < -0.39 is 21.4 Å². The molecule has 8 nitrogen and oxygen atoms in total. The molecule has 1 aliphatic heterocycles. The third-order valence-corrected chi connectivity index (χ3v) is 9.55. The number of carbonyl (C=O) groups excluding carboxylic acids is 1. The molecule has 3 aromatic rings. The summed E-state index contributed by atoms with van der Waals surface area (Å²) >= 11 is 6.67. The highest BCUT2D eigenvalue weighted by atomic mass is 35.5. The minimum absolute atomic E-state index is 0.0302. The predicted molar refractivity (Wildman–Crippen MR) is 152 cm³/mol. The van der Waals surface area contributed by atoms with E-state index in [1.165, 1.54) is 24.3 Å². The van der Waals surface area contributed by atoms with Crippen molar-refractivity contribution in [3.63, 3.8) is 0 Å². The van der Waals surface area contributed by atoms with Gasteiger partial charge in [-0.1, -0.05) is 61.1 Å². The number of sulfonamides is 1. The Morgan fingerprint density at radius 1 is 1.15 bits per heavy atom. The van der Waals surface area contributed by atoms with E-state index in [9.17, 15) is 13.2 Å². The Bertz CT molecular complexity index is 1600. The van der Waals surface area contributed by atoms with Crippen molar-refractivity contribution >= 4 is 39.2 Å². The summed E-state index contributed by atoms with van der Waals surface area (Å²) in [5, 5.41) is 4.01. The number of halogens is 2. The number of nitrogens with zero attached hydrogens (tertiary/aromatic N) is 3. The molecule has 1 fully saturated rings. The summed E-state index contributed by atoms with van der Waals surface area (Å²) in [4.78, 5) is 19.9. The van der Waals surface area contributed by atoms with E-state index in [0.29, 0.717) is 23.3 Å². The molecule has 0 saturated heterocycles. The molecule has 2 aromatic carbocycles. The van der Waals surface area contributed by atoms with Gasteiger partial charge in [0.25, 0.3) is 15.9 Å². The molecule has 0 unspecified atom stereocenters. The van der Waals surface area contributed by atoms with Crippen LogP contribution in [0.15, 0.2) is 50.8 Å². The van der Waals surface area contributed by atoms with Crippen LogP contribution in [-0.4, -0.2) is 35.8 Å². The topological polar surface area (TPSA) is 105 Å². The molecule has 5 rings (SSSR count). The molecule has 11 heteroatoms. The standard InChI is InChI=1S/C29H32ClFN4O4S/c1-4-5-12-26-32-29(13-8-9-14-29)28(36)35(26)17-20-15-24(31)22(16-23(20)30)21-10-6-7-11-25(21)40(37,38)34-27-18(2)19(3)39-33-27/h6-7,10-11,15-16H,4-5,8-9,12-14,17H2,1-3H3,(H,33,34). The van der Waals surface area contributed by atoms with Crippen LogP contribution in [0, 0.1) is 19.7 Å². The Morgan fingerprint density at radius 2 is 1.88 bits per heavy atom. The van der Waals surface area contributed by atoms with Crippen LogP contribution in [0.1, 0.15) is 68.8 Å². The van der Waals surface area contributed by atoms with E-state index in [-0.39, 0.29) is 39.3 Å². The molecular weight excluding hydrogens is 555 g/mol. The fourth-order valence-corrected chi connectivity index (χ4v) is 6.91. The van der Waals surface area contributed by atoms with Gasteiger partial charge in [-0.15, -0.1) is 0 Å². The maximum absolute atomic E-state index is 15.7. The van der Waals surface area contributed by atoms with Crippen molar-refractivity contribution in [1.29, 1.82) is 0 Å². The number of amides is 1. The molecule has 1 amide bonds. The monoisotopic (exact) mass is 586 g/mol. The molecule has 2 heterocycles. The summed E-state index contributed by atoms with van der Waals surface area (Å²) in [6.45, 7) is 5.55. The molecule has 1 aliphatic carbocycles. The molecule has 212 valence electrons. The Morgan fingerprint density at radius 3 is 2.55 bits per heavy atom. The van der Waals surface area contributed by atoms with E-state index in [0.717, 1.165) is 44.4 Å². The van der Waals surface area contributed by atoms with Gasteiger partial charge in [-0.2, -0.15) is 0 Å². The molecule has 1 saturated carbocycles. The number of anilines is 1. The van der Waals surface area contributed by atoms with Crippen LogP contribution in [0.25, 0.3) is 11.1 Å². The minimum atomic E-state index is -4.15. The maximum atomic E-state index is 15.7. The number of amidine groups is 1. The second kappa shape index (κ2) is 11.0. The lowest BCUT2D eigenvalue weighted by Gasteiger charge is -2.23. The van der Waals surface area contributed by atoms with Crippen molar-refractivity contribution < 1.29 is 22.1 Å². The van der Waals surface area contributed by atoms with Gasteiger partial charge >= 0.3 is 0 Å². The molecule has 0 radical (unpaired) electrons. The second-order valence-electron chi connectivity index (χ2n) is 10.5. The average molecular weight is 587 g/mol. The number of unbranched alkanes of at least 4 members (excludes halogenated alkanes) is 1. The van der Waals surface area contributed by atoms with Gasteiger partial charge in [0.2, 0.25) is 0 Å². The number of carbonyl (C=O) groups is 1. The molecular formula is C29H32ClFN4O4S.